The number of fused-ring (bicyclic) bond motifs is 1. The number of nitrogens with one attached hydrogen (secondary N) is 1. The molecule has 24 heavy (non-hydrogen) atoms. The Morgan fingerprint density at radius 3 is 2.88 bits per heavy atom. The number of aryl methyl sites for hydroxylation is 2. The van der Waals surface area contributed by atoms with E-state index in [1.54, 1.807) is 17.9 Å². The van der Waals surface area contributed by atoms with Crippen molar-refractivity contribution in [3.63, 3.8) is 0 Å². The van der Waals surface area contributed by atoms with Gasteiger partial charge in [-0.3, -0.25) is 9.47 Å². The summed E-state index contributed by atoms with van der Waals surface area (Å²) in [6.45, 7) is 6.96. The van der Waals surface area contributed by atoms with Crippen LogP contribution in [0.3, 0.4) is 0 Å². The molecule has 0 spiro atoms. The zero-order valence-corrected chi connectivity index (χ0v) is 13.8. The van der Waals surface area contributed by atoms with E-state index >= 15 is 0 Å². The Bertz CT molecular complexity index is 932. The summed E-state index contributed by atoms with van der Waals surface area (Å²) in [5.74, 6) is 0.331. The first-order valence-electron chi connectivity index (χ1n) is 8.05. The van der Waals surface area contributed by atoms with E-state index in [2.05, 4.69) is 20.3 Å². The molecule has 1 fully saturated rings. The van der Waals surface area contributed by atoms with Gasteiger partial charge in [0, 0.05) is 57.1 Å². The molecule has 0 aliphatic carbocycles. The number of hydrogen-bond donors (Lipinski definition) is 1. The van der Waals surface area contributed by atoms with Gasteiger partial charge in [0.05, 0.1) is 17.9 Å². The van der Waals surface area contributed by atoms with Gasteiger partial charge in [-0.2, -0.15) is 5.10 Å². The number of piperazine rings is 1. The minimum Gasteiger partial charge on any atom is -0.406 e. The molecule has 0 bridgehead atoms. The van der Waals surface area contributed by atoms with E-state index in [0.717, 1.165) is 49.4 Å². The van der Waals surface area contributed by atoms with Gasteiger partial charge in [0.25, 0.3) is 0 Å². The van der Waals surface area contributed by atoms with Gasteiger partial charge in [-0.15, -0.1) is 0 Å². The molecular weight excluding hydrogens is 308 g/mol. The van der Waals surface area contributed by atoms with Gasteiger partial charge in [-0.05, 0) is 6.92 Å². The van der Waals surface area contributed by atoms with E-state index in [-0.39, 0.29) is 5.76 Å². The standard InChI is InChI=1S/C16H20N6O2/c1-11-14-13(24-16(23)20(14)2)8-18-15(11)22-10-12(7-19-22)9-21-5-3-17-4-6-21/h7-8,10,17H,3-6,9H2,1-2H3. The molecule has 0 amide bonds. The topological polar surface area (TPSA) is 81.1 Å². The summed E-state index contributed by atoms with van der Waals surface area (Å²) >= 11 is 0. The molecule has 4 rings (SSSR count). The molecule has 0 saturated carbocycles. The summed E-state index contributed by atoms with van der Waals surface area (Å²) in [7, 11) is 1.70. The third kappa shape index (κ3) is 2.53. The van der Waals surface area contributed by atoms with Crippen molar-refractivity contribution in [2.45, 2.75) is 13.5 Å². The Hall–Kier alpha value is -2.45. The van der Waals surface area contributed by atoms with E-state index in [4.69, 9.17) is 4.42 Å². The summed E-state index contributed by atoms with van der Waals surface area (Å²) in [5, 5.41) is 7.80. The lowest BCUT2D eigenvalue weighted by atomic mass is 10.2. The van der Waals surface area contributed by atoms with Crippen LogP contribution < -0.4 is 11.1 Å². The monoisotopic (exact) mass is 328 g/mol. The molecule has 1 aliphatic rings. The van der Waals surface area contributed by atoms with Crippen molar-refractivity contribution in [3.05, 3.63) is 40.3 Å². The van der Waals surface area contributed by atoms with Gasteiger partial charge in [0.2, 0.25) is 0 Å². The lowest BCUT2D eigenvalue weighted by Crippen LogP contribution is -2.42. The lowest BCUT2D eigenvalue weighted by molar-refractivity contribution is 0.233. The molecule has 3 aromatic rings. The maximum Gasteiger partial charge on any atom is 0.419 e. The van der Waals surface area contributed by atoms with Crippen molar-refractivity contribution in [1.29, 1.82) is 0 Å². The molecule has 1 saturated heterocycles. The zero-order chi connectivity index (χ0) is 16.7. The Morgan fingerprint density at radius 2 is 2.08 bits per heavy atom. The molecule has 0 atom stereocenters. The van der Waals surface area contributed by atoms with E-state index in [9.17, 15) is 4.79 Å². The summed E-state index contributed by atoms with van der Waals surface area (Å²) in [6, 6.07) is 0. The van der Waals surface area contributed by atoms with Crippen LogP contribution in [-0.4, -0.2) is 50.4 Å². The summed E-state index contributed by atoms with van der Waals surface area (Å²) in [6.07, 6.45) is 5.46. The van der Waals surface area contributed by atoms with Crippen LogP contribution in [0.25, 0.3) is 16.9 Å². The summed E-state index contributed by atoms with van der Waals surface area (Å²) in [5.41, 5.74) is 3.28. The van der Waals surface area contributed by atoms with Crippen LogP contribution in [-0.2, 0) is 13.6 Å². The van der Waals surface area contributed by atoms with Gasteiger partial charge >= 0.3 is 5.76 Å². The smallest absolute Gasteiger partial charge is 0.406 e. The number of nitrogens with zero attached hydrogens (tertiary/aromatic N) is 5. The highest BCUT2D eigenvalue weighted by molar-refractivity contribution is 5.78. The molecule has 4 heterocycles. The van der Waals surface area contributed by atoms with Crippen LogP contribution in [0.2, 0.25) is 0 Å². The molecule has 126 valence electrons. The van der Waals surface area contributed by atoms with E-state index < -0.39 is 0 Å². The minimum atomic E-state index is -0.382. The fourth-order valence-electron chi connectivity index (χ4n) is 3.23. The highest BCUT2D eigenvalue weighted by Gasteiger charge is 2.16. The number of pyridine rings is 1. The maximum atomic E-state index is 11.7. The van der Waals surface area contributed by atoms with Crippen LogP contribution in [0.4, 0.5) is 0 Å². The first kappa shape index (κ1) is 15.1. The van der Waals surface area contributed by atoms with Gasteiger partial charge in [0.15, 0.2) is 11.4 Å². The first-order chi connectivity index (χ1) is 11.6. The molecule has 0 unspecified atom stereocenters. The van der Waals surface area contributed by atoms with Crippen LogP contribution in [0.15, 0.2) is 27.8 Å². The Labute approximate surface area is 138 Å². The lowest BCUT2D eigenvalue weighted by Gasteiger charge is -2.26. The average molecular weight is 328 g/mol. The van der Waals surface area contributed by atoms with Gasteiger partial charge in [-0.1, -0.05) is 0 Å². The molecule has 0 radical (unpaired) electrons. The predicted octanol–water partition coefficient (Wildman–Crippen LogP) is 0.426. The van der Waals surface area contributed by atoms with Gasteiger partial charge < -0.3 is 9.73 Å². The molecule has 8 nitrogen and oxygen atoms in total. The minimum absolute atomic E-state index is 0.382. The van der Waals surface area contributed by atoms with Crippen molar-refractivity contribution >= 4 is 11.1 Å². The normalized spacial score (nSPS) is 16.1. The quantitative estimate of drug-likeness (QED) is 0.751. The SMILES string of the molecule is Cc1c(-n2cc(CN3CCNCC3)cn2)ncc2oc(=O)n(C)c12. The third-order valence-electron chi connectivity index (χ3n) is 4.50. The van der Waals surface area contributed by atoms with Crippen LogP contribution >= 0.6 is 0 Å². The first-order valence-corrected chi connectivity index (χ1v) is 8.05. The van der Waals surface area contributed by atoms with Crippen LogP contribution in [0, 0.1) is 6.92 Å². The Morgan fingerprint density at radius 1 is 1.29 bits per heavy atom. The number of oxazole rings is 1. The number of aromatic nitrogens is 4. The van der Waals surface area contributed by atoms with Crippen molar-refractivity contribution in [3.8, 4) is 5.82 Å². The molecule has 8 heteroatoms. The molecule has 1 aliphatic heterocycles. The maximum absolute atomic E-state index is 11.7. The second kappa shape index (κ2) is 5.88. The van der Waals surface area contributed by atoms with Crippen LogP contribution in [0.5, 0.6) is 0 Å². The highest BCUT2D eigenvalue weighted by Crippen LogP contribution is 2.21. The highest BCUT2D eigenvalue weighted by atomic mass is 16.4. The van der Waals surface area contributed by atoms with Crippen molar-refractivity contribution in [1.82, 2.24) is 29.5 Å². The molecule has 1 N–H and O–H groups in total. The van der Waals surface area contributed by atoms with Crippen molar-refractivity contribution < 1.29 is 4.42 Å². The van der Waals surface area contributed by atoms with Gasteiger partial charge in [-0.25, -0.2) is 14.5 Å². The average Bonchev–Trinajstić information content (AvgIpc) is 3.14. The molecule has 0 aromatic carbocycles. The molecule has 3 aromatic heterocycles. The second-order valence-corrected chi connectivity index (χ2v) is 6.17. The zero-order valence-electron chi connectivity index (χ0n) is 13.8. The van der Waals surface area contributed by atoms with E-state index in [0.29, 0.717) is 11.4 Å². The van der Waals surface area contributed by atoms with Crippen molar-refractivity contribution in [2.75, 3.05) is 26.2 Å². The third-order valence-corrected chi connectivity index (χ3v) is 4.50. The fraction of sp³-hybridized carbons (Fsp3) is 0.438. The Kier molecular flexibility index (Phi) is 3.70. The van der Waals surface area contributed by atoms with E-state index in [1.165, 1.54) is 4.57 Å². The van der Waals surface area contributed by atoms with Gasteiger partial charge in [0.1, 0.15) is 0 Å². The summed E-state index contributed by atoms with van der Waals surface area (Å²) in [4.78, 5) is 18.5. The number of hydrogen-bond acceptors (Lipinski definition) is 6. The number of rotatable bonds is 3. The molecular formula is C16H20N6O2. The van der Waals surface area contributed by atoms with Crippen LogP contribution in [0.1, 0.15) is 11.1 Å². The predicted molar refractivity (Wildman–Crippen MR) is 89.3 cm³/mol. The fourth-order valence-corrected chi connectivity index (χ4v) is 3.23. The largest absolute Gasteiger partial charge is 0.419 e. The Balaban J connectivity index is 1.66. The van der Waals surface area contributed by atoms with Crippen molar-refractivity contribution in [2.24, 2.45) is 7.05 Å². The second-order valence-electron chi connectivity index (χ2n) is 6.17. The summed E-state index contributed by atoms with van der Waals surface area (Å²) < 4.78 is 8.45. The van der Waals surface area contributed by atoms with E-state index in [1.807, 2.05) is 19.3 Å².